The third kappa shape index (κ3) is 4.34. The van der Waals surface area contributed by atoms with E-state index in [9.17, 15) is 9.18 Å². The molecule has 1 N–H and O–H groups in total. The molecule has 1 unspecified atom stereocenters. The molecule has 0 aliphatic carbocycles. The Labute approximate surface area is 219 Å². The van der Waals surface area contributed by atoms with Gasteiger partial charge in [0.05, 0.1) is 25.5 Å². The average Bonchev–Trinajstić information content (AvgIpc) is 3.53. The van der Waals surface area contributed by atoms with Gasteiger partial charge in [-0.3, -0.25) is 9.79 Å². The van der Waals surface area contributed by atoms with Gasteiger partial charge in [-0.15, -0.1) is 0 Å². The summed E-state index contributed by atoms with van der Waals surface area (Å²) in [5.74, 6) is 1.01. The number of ether oxygens (including phenoxy) is 1. The summed E-state index contributed by atoms with van der Waals surface area (Å²) in [5, 5.41) is 3.42. The van der Waals surface area contributed by atoms with Gasteiger partial charge < -0.3 is 19.5 Å². The lowest BCUT2D eigenvalue weighted by molar-refractivity contribution is -0.119. The van der Waals surface area contributed by atoms with E-state index in [1.807, 2.05) is 51.9 Å². The molecule has 0 spiro atoms. The molecule has 4 aromatic rings. The number of fused-ring (bicyclic) bond motifs is 3. The van der Waals surface area contributed by atoms with E-state index in [2.05, 4.69) is 22.4 Å². The van der Waals surface area contributed by atoms with Crippen LogP contribution in [0.1, 0.15) is 22.4 Å². The van der Waals surface area contributed by atoms with E-state index in [0.717, 1.165) is 22.5 Å². The van der Waals surface area contributed by atoms with Crippen LogP contribution in [0.2, 0.25) is 0 Å². The third-order valence-corrected chi connectivity index (χ3v) is 6.90. The van der Waals surface area contributed by atoms with E-state index in [0.29, 0.717) is 35.9 Å². The SMILES string of the molecule is COc1ccccc1C1=C2NCC(C(=O)Cc3cncn3Cc3ccccc3)N2c2ccc(F)cc2C=N1. The fourth-order valence-corrected chi connectivity index (χ4v) is 5.06. The number of imidazole rings is 1. The zero-order chi connectivity index (χ0) is 26.1. The number of para-hydroxylation sites is 1. The van der Waals surface area contributed by atoms with Gasteiger partial charge >= 0.3 is 0 Å². The standard InChI is InChI=1S/C30H26FN5O2/c1-38-28-10-6-5-9-24(28)29-30-34-17-26(36(30)25-12-11-22(31)13-21(25)15-33-29)27(37)14-23-16-32-19-35(23)18-20-7-3-2-4-8-20/h2-13,15-16,19,26,34H,14,17-18H2,1H3. The van der Waals surface area contributed by atoms with Crippen LogP contribution in [0.3, 0.4) is 0 Å². The number of ketones is 1. The maximum atomic E-state index is 14.2. The monoisotopic (exact) mass is 507 g/mol. The van der Waals surface area contributed by atoms with Crippen molar-refractivity contribution in [1.29, 1.82) is 0 Å². The number of anilines is 1. The number of carbonyl (C=O) groups excluding carboxylic acids is 1. The van der Waals surface area contributed by atoms with Crippen LogP contribution in [0.25, 0.3) is 5.70 Å². The molecule has 3 heterocycles. The summed E-state index contributed by atoms with van der Waals surface area (Å²) < 4.78 is 21.8. The zero-order valence-corrected chi connectivity index (χ0v) is 20.8. The number of hydrogen-bond donors (Lipinski definition) is 1. The molecule has 0 radical (unpaired) electrons. The molecule has 1 atom stereocenters. The van der Waals surface area contributed by atoms with Gasteiger partial charge in [0.2, 0.25) is 0 Å². The van der Waals surface area contributed by atoms with Crippen molar-refractivity contribution in [3.8, 4) is 5.75 Å². The first-order valence-electron chi connectivity index (χ1n) is 12.4. The predicted molar refractivity (Wildman–Crippen MR) is 145 cm³/mol. The Kier molecular flexibility index (Phi) is 6.21. The Morgan fingerprint density at radius 1 is 1.11 bits per heavy atom. The normalized spacial score (nSPS) is 16.1. The van der Waals surface area contributed by atoms with Gasteiger partial charge in [0.25, 0.3) is 0 Å². The molecule has 0 saturated carbocycles. The predicted octanol–water partition coefficient (Wildman–Crippen LogP) is 4.43. The number of rotatable bonds is 7. The van der Waals surface area contributed by atoms with Gasteiger partial charge in [0, 0.05) is 42.3 Å². The first kappa shape index (κ1) is 23.7. The van der Waals surface area contributed by atoms with Gasteiger partial charge in [0.15, 0.2) is 5.78 Å². The number of benzene rings is 3. The summed E-state index contributed by atoms with van der Waals surface area (Å²) in [6.45, 7) is 1.03. The highest BCUT2D eigenvalue weighted by Crippen LogP contribution is 2.38. The topological polar surface area (TPSA) is 71.8 Å². The highest BCUT2D eigenvalue weighted by Gasteiger charge is 2.39. The second-order valence-electron chi connectivity index (χ2n) is 9.27. The van der Waals surface area contributed by atoms with Crippen LogP contribution in [0.5, 0.6) is 5.75 Å². The number of aromatic nitrogens is 2. The number of Topliss-reactive ketones (excluding diaryl/α,β-unsaturated/α-hetero) is 1. The zero-order valence-electron chi connectivity index (χ0n) is 20.8. The van der Waals surface area contributed by atoms with E-state index in [4.69, 9.17) is 9.73 Å². The highest BCUT2D eigenvalue weighted by atomic mass is 19.1. The van der Waals surface area contributed by atoms with E-state index < -0.39 is 6.04 Å². The number of hydrogen-bond acceptors (Lipinski definition) is 6. The Hall–Kier alpha value is -4.72. The first-order chi connectivity index (χ1) is 18.6. The number of nitrogens with one attached hydrogen (secondary N) is 1. The molecule has 38 heavy (non-hydrogen) atoms. The van der Waals surface area contributed by atoms with Crippen molar-refractivity contribution < 1.29 is 13.9 Å². The minimum Gasteiger partial charge on any atom is -0.496 e. The van der Waals surface area contributed by atoms with Gasteiger partial charge in [-0.05, 0) is 35.9 Å². The summed E-state index contributed by atoms with van der Waals surface area (Å²) in [6.07, 6.45) is 5.36. The number of carbonyl (C=O) groups is 1. The maximum Gasteiger partial charge on any atom is 0.163 e. The molecule has 1 fully saturated rings. The van der Waals surface area contributed by atoms with Crippen molar-refractivity contribution in [1.82, 2.24) is 14.9 Å². The van der Waals surface area contributed by atoms with Crippen LogP contribution < -0.4 is 15.0 Å². The molecule has 3 aromatic carbocycles. The molecule has 1 saturated heterocycles. The fourth-order valence-electron chi connectivity index (χ4n) is 5.06. The second kappa shape index (κ2) is 9.97. The van der Waals surface area contributed by atoms with Crippen molar-refractivity contribution in [3.63, 3.8) is 0 Å². The number of halogens is 1. The van der Waals surface area contributed by atoms with Gasteiger partial charge in [-0.25, -0.2) is 9.37 Å². The molecule has 8 heteroatoms. The molecular formula is C30H26FN5O2. The van der Waals surface area contributed by atoms with E-state index >= 15 is 0 Å². The van der Waals surface area contributed by atoms with E-state index in [-0.39, 0.29) is 18.0 Å². The summed E-state index contributed by atoms with van der Waals surface area (Å²) in [5.41, 5.74) is 4.70. The van der Waals surface area contributed by atoms with Crippen molar-refractivity contribution >= 4 is 23.4 Å². The van der Waals surface area contributed by atoms with E-state index in [1.165, 1.54) is 12.1 Å². The van der Waals surface area contributed by atoms with Crippen LogP contribution in [0, 0.1) is 5.82 Å². The van der Waals surface area contributed by atoms with Crippen molar-refractivity contribution in [2.24, 2.45) is 4.99 Å². The Morgan fingerprint density at radius 3 is 2.76 bits per heavy atom. The quantitative estimate of drug-likeness (QED) is 0.401. The number of methoxy groups -OCH3 is 1. The van der Waals surface area contributed by atoms with Crippen LogP contribution >= 0.6 is 0 Å². The minimum atomic E-state index is -0.513. The first-order valence-corrected chi connectivity index (χ1v) is 12.4. The Bertz CT molecular complexity index is 1560. The Morgan fingerprint density at radius 2 is 1.92 bits per heavy atom. The molecule has 190 valence electrons. The summed E-state index contributed by atoms with van der Waals surface area (Å²) >= 11 is 0. The third-order valence-electron chi connectivity index (χ3n) is 6.90. The number of aliphatic imine (C=N–C) groups is 1. The molecule has 7 nitrogen and oxygen atoms in total. The molecule has 6 rings (SSSR count). The molecule has 0 bridgehead atoms. The van der Waals surface area contributed by atoms with E-state index in [1.54, 1.807) is 31.9 Å². The van der Waals surface area contributed by atoms with Gasteiger partial charge in [-0.2, -0.15) is 0 Å². The number of nitrogens with zero attached hydrogens (tertiary/aromatic N) is 4. The molecule has 2 aliphatic rings. The smallest absolute Gasteiger partial charge is 0.163 e. The lowest BCUT2D eigenvalue weighted by Crippen LogP contribution is -2.39. The molecule has 2 aliphatic heterocycles. The molecule has 1 aromatic heterocycles. The summed E-state index contributed by atoms with van der Waals surface area (Å²) in [6, 6.07) is 21.7. The van der Waals surface area contributed by atoms with Crippen LogP contribution in [-0.4, -0.2) is 41.2 Å². The van der Waals surface area contributed by atoms with Crippen LogP contribution in [0.15, 0.2) is 96.1 Å². The maximum absolute atomic E-state index is 14.2. The molecule has 0 amide bonds. The average molecular weight is 508 g/mol. The van der Waals surface area contributed by atoms with Crippen LogP contribution in [0.4, 0.5) is 10.1 Å². The summed E-state index contributed by atoms with van der Waals surface area (Å²) in [7, 11) is 1.61. The van der Waals surface area contributed by atoms with Crippen molar-refractivity contribution in [2.75, 3.05) is 18.6 Å². The van der Waals surface area contributed by atoms with Crippen molar-refractivity contribution in [3.05, 3.63) is 119 Å². The molecular weight excluding hydrogens is 481 g/mol. The largest absolute Gasteiger partial charge is 0.496 e. The Balaban J connectivity index is 1.37. The second-order valence-corrected chi connectivity index (χ2v) is 9.27. The van der Waals surface area contributed by atoms with Gasteiger partial charge in [-0.1, -0.05) is 42.5 Å². The van der Waals surface area contributed by atoms with Crippen molar-refractivity contribution in [2.45, 2.75) is 19.0 Å². The highest BCUT2D eigenvalue weighted by molar-refractivity contribution is 6.00. The summed E-state index contributed by atoms with van der Waals surface area (Å²) in [4.78, 5) is 24.8. The lowest BCUT2D eigenvalue weighted by Gasteiger charge is -2.27. The minimum absolute atomic E-state index is 0.0267. The van der Waals surface area contributed by atoms with Crippen LogP contribution in [-0.2, 0) is 17.8 Å². The fraction of sp³-hybridized carbons (Fsp3) is 0.167. The lowest BCUT2D eigenvalue weighted by atomic mass is 10.0. The van der Waals surface area contributed by atoms with Gasteiger partial charge in [0.1, 0.15) is 29.1 Å².